The molecule has 0 heterocycles. The minimum Gasteiger partial charge on any atom is -0.368 e. The molecule has 3 N–H and O–H groups in total. The molecular formula is C18H22N2O. The van der Waals surface area contributed by atoms with Gasteiger partial charge in [-0.3, -0.25) is 4.79 Å². The summed E-state index contributed by atoms with van der Waals surface area (Å²) in [4.78, 5) is 11.0. The Labute approximate surface area is 126 Å². The van der Waals surface area contributed by atoms with Gasteiger partial charge in [-0.25, -0.2) is 0 Å². The van der Waals surface area contributed by atoms with E-state index < -0.39 is 0 Å². The molecule has 0 radical (unpaired) electrons. The number of hydrogen-bond acceptors (Lipinski definition) is 2. The molecule has 0 aliphatic carbocycles. The number of primary amides is 1. The van der Waals surface area contributed by atoms with Crippen LogP contribution in [0.1, 0.15) is 23.6 Å². The summed E-state index contributed by atoms with van der Waals surface area (Å²) in [6, 6.07) is 18.7. The maximum Gasteiger partial charge on any atom is 0.234 e. The van der Waals surface area contributed by atoms with E-state index in [0.717, 1.165) is 18.4 Å². The quantitative estimate of drug-likeness (QED) is 0.819. The van der Waals surface area contributed by atoms with Crippen molar-refractivity contribution < 1.29 is 4.79 Å². The molecule has 0 fully saturated rings. The summed E-state index contributed by atoms with van der Waals surface area (Å²) in [7, 11) is 0. The van der Waals surface area contributed by atoms with Gasteiger partial charge in [-0.2, -0.15) is 0 Å². The first-order valence-electron chi connectivity index (χ1n) is 7.29. The zero-order valence-corrected chi connectivity index (χ0v) is 12.4. The summed E-state index contributed by atoms with van der Waals surface area (Å²) in [5.41, 5.74) is 9.06. The molecule has 110 valence electrons. The highest BCUT2D eigenvalue weighted by Crippen LogP contribution is 2.09. The molecule has 0 aliphatic rings. The molecule has 0 aliphatic heterocycles. The van der Waals surface area contributed by atoms with E-state index in [1.54, 1.807) is 6.92 Å². The third-order valence-corrected chi connectivity index (χ3v) is 3.61. The lowest BCUT2D eigenvalue weighted by atomic mass is 10.0. The van der Waals surface area contributed by atoms with Gasteiger partial charge >= 0.3 is 0 Å². The van der Waals surface area contributed by atoms with E-state index in [4.69, 9.17) is 5.73 Å². The Bertz CT molecular complexity index is 564. The third kappa shape index (κ3) is 5.04. The molecule has 2 aromatic carbocycles. The first-order valence-corrected chi connectivity index (χ1v) is 7.29. The lowest BCUT2D eigenvalue weighted by Gasteiger charge is -2.10. The molecule has 3 heteroatoms. The fourth-order valence-electron chi connectivity index (χ4n) is 2.13. The van der Waals surface area contributed by atoms with Crippen LogP contribution in [-0.4, -0.2) is 11.9 Å². The van der Waals surface area contributed by atoms with Gasteiger partial charge in [0.2, 0.25) is 5.91 Å². The Hall–Kier alpha value is -2.13. The van der Waals surface area contributed by atoms with Gasteiger partial charge in [0, 0.05) is 6.54 Å². The van der Waals surface area contributed by atoms with Crippen molar-refractivity contribution in [3.05, 3.63) is 71.3 Å². The minimum atomic E-state index is -0.325. The number of carbonyl (C=O) groups is 1. The van der Waals surface area contributed by atoms with E-state index in [9.17, 15) is 4.79 Å². The SMILES string of the molecule is C[C@H](NCc1ccc(CCc2ccccc2)cc1)C(N)=O. The van der Waals surface area contributed by atoms with E-state index in [1.165, 1.54) is 11.1 Å². The van der Waals surface area contributed by atoms with Crippen LogP contribution in [0, 0.1) is 0 Å². The number of aryl methyl sites for hydroxylation is 2. The van der Waals surface area contributed by atoms with Gasteiger partial charge in [0.25, 0.3) is 0 Å². The molecule has 2 rings (SSSR count). The van der Waals surface area contributed by atoms with Crippen molar-refractivity contribution in [3.8, 4) is 0 Å². The minimum absolute atomic E-state index is 0.303. The second kappa shape index (κ2) is 7.60. The molecule has 2 aromatic rings. The van der Waals surface area contributed by atoms with Crippen LogP contribution < -0.4 is 11.1 Å². The first kappa shape index (κ1) is 15.3. The number of benzene rings is 2. The zero-order chi connectivity index (χ0) is 15.1. The van der Waals surface area contributed by atoms with Crippen LogP contribution in [-0.2, 0) is 24.2 Å². The predicted octanol–water partition coefficient (Wildman–Crippen LogP) is 2.44. The molecule has 1 amide bonds. The number of rotatable bonds is 7. The van der Waals surface area contributed by atoms with Crippen LogP contribution in [0.5, 0.6) is 0 Å². The number of carbonyl (C=O) groups excluding carboxylic acids is 1. The summed E-state index contributed by atoms with van der Waals surface area (Å²) in [6.45, 7) is 2.43. The highest BCUT2D eigenvalue weighted by molar-refractivity contribution is 5.79. The van der Waals surface area contributed by atoms with Crippen molar-refractivity contribution in [1.82, 2.24) is 5.32 Å². The van der Waals surface area contributed by atoms with Crippen LogP contribution in [0.3, 0.4) is 0 Å². The van der Waals surface area contributed by atoms with Gasteiger partial charge in [0.1, 0.15) is 0 Å². The maximum atomic E-state index is 11.0. The van der Waals surface area contributed by atoms with Crippen LogP contribution in [0.2, 0.25) is 0 Å². The van der Waals surface area contributed by atoms with E-state index >= 15 is 0 Å². The van der Waals surface area contributed by atoms with E-state index in [1.807, 2.05) is 6.07 Å². The van der Waals surface area contributed by atoms with E-state index in [2.05, 4.69) is 53.8 Å². The van der Waals surface area contributed by atoms with Gasteiger partial charge in [-0.15, -0.1) is 0 Å². The smallest absolute Gasteiger partial charge is 0.234 e. The largest absolute Gasteiger partial charge is 0.368 e. The van der Waals surface area contributed by atoms with E-state index in [-0.39, 0.29) is 11.9 Å². The van der Waals surface area contributed by atoms with Crippen molar-refractivity contribution in [2.24, 2.45) is 5.73 Å². The Morgan fingerprint density at radius 1 is 0.952 bits per heavy atom. The summed E-state index contributed by atoms with van der Waals surface area (Å²) in [5.74, 6) is -0.325. The van der Waals surface area contributed by atoms with E-state index in [0.29, 0.717) is 6.54 Å². The van der Waals surface area contributed by atoms with Crippen molar-refractivity contribution in [3.63, 3.8) is 0 Å². The lowest BCUT2D eigenvalue weighted by molar-refractivity contribution is -0.119. The lowest BCUT2D eigenvalue weighted by Crippen LogP contribution is -2.38. The predicted molar refractivity (Wildman–Crippen MR) is 85.8 cm³/mol. The monoisotopic (exact) mass is 282 g/mol. The fraction of sp³-hybridized carbons (Fsp3) is 0.278. The molecule has 0 bridgehead atoms. The Morgan fingerprint density at radius 2 is 1.48 bits per heavy atom. The Balaban J connectivity index is 1.83. The van der Waals surface area contributed by atoms with Crippen molar-refractivity contribution in [2.45, 2.75) is 32.4 Å². The number of hydrogen-bond donors (Lipinski definition) is 2. The highest BCUT2D eigenvalue weighted by Gasteiger charge is 2.06. The van der Waals surface area contributed by atoms with Gasteiger partial charge in [-0.1, -0.05) is 54.6 Å². The van der Waals surface area contributed by atoms with Gasteiger partial charge in [-0.05, 0) is 36.5 Å². The normalized spacial score (nSPS) is 12.0. The summed E-state index contributed by atoms with van der Waals surface area (Å²) in [6.07, 6.45) is 2.09. The van der Waals surface area contributed by atoms with Crippen molar-refractivity contribution in [2.75, 3.05) is 0 Å². The third-order valence-electron chi connectivity index (χ3n) is 3.61. The van der Waals surface area contributed by atoms with Crippen LogP contribution in [0.25, 0.3) is 0 Å². The highest BCUT2D eigenvalue weighted by atomic mass is 16.1. The number of nitrogens with one attached hydrogen (secondary N) is 1. The van der Waals surface area contributed by atoms with Gasteiger partial charge in [0.15, 0.2) is 0 Å². The zero-order valence-electron chi connectivity index (χ0n) is 12.4. The van der Waals surface area contributed by atoms with Crippen LogP contribution in [0.4, 0.5) is 0 Å². The molecule has 0 aromatic heterocycles. The Kier molecular flexibility index (Phi) is 5.52. The van der Waals surface area contributed by atoms with Gasteiger partial charge < -0.3 is 11.1 Å². The van der Waals surface area contributed by atoms with Crippen molar-refractivity contribution >= 4 is 5.91 Å². The fourth-order valence-corrected chi connectivity index (χ4v) is 2.13. The van der Waals surface area contributed by atoms with Crippen LogP contribution >= 0.6 is 0 Å². The second-order valence-electron chi connectivity index (χ2n) is 5.31. The topological polar surface area (TPSA) is 55.1 Å². The molecule has 3 nitrogen and oxygen atoms in total. The molecule has 1 atom stereocenters. The van der Waals surface area contributed by atoms with Gasteiger partial charge in [0.05, 0.1) is 6.04 Å². The molecule has 0 spiro atoms. The standard InChI is InChI=1S/C18H22N2O/c1-14(18(19)21)20-13-17-11-9-16(10-12-17)8-7-15-5-3-2-4-6-15/h2-6,9-12,14,20H,7-8,13H2,1H3,(H2,19,21)/t14-/m0/s1. The first-order chi connectivity index (χ1) is 10.1. The molecule has 0 unspecified atom stereocenters. The molecule has 21 heavy (non-hydrogen) atoms. The summed E-state index contributed by atoms with van der Waals surface area (Å²) in [5, 5.41) is 3.10. The number of amides is 1. The maximum absolute atomic E-state index is 11.0. The summed E-state index contributed by atoms with van der Waals surface area (Å²) >= 11 is 0. The summed E-state index contributed by atoms with van der Waals surface area (Å²) < 4.78 is 0. The molecule has 0 saturated carbocycles. The average Bonchev–Trinajstić information content (AvgIpc) is 2.52. The number of nitrogens with two attached hydrogens (primary N) is 1. The molecular weight excluding hydrogens is 260 g/mol. The van der Waals surface area contributed by atoms with Crippen LogP contribution in [0.15, 0.2) is 54.6 Å². The average molecular weight is 282 g/mol. The second-order valence-corrected chi connectivity index (χ2v) is 5.31. The molecule has 0 saturated heterocycles. The van der Waals surface area contributed by atoms with Crippen molar-refractivity contribution in [1.29, 1.82) is 0 Å². The Morgan fingerprint density at radius 3 is 2.05 bits per heavy atom.